The molecule has 3 heterocycles. The number of hydrogen-bond acceptors (Lipinski definition) is 6. The average molecular weight is 749 g/mol. The smallest absolute Gasteiger partial charge is 0.164 e. The largest absolute Gasteiger partial charge is 0.455 e. The van der Waals surface area contributed by atoms with Gasteiger partial charge in [-0.1, -0.05) is 158 Å². The fourth-order valence-electron chi connectivity index (χ4n) is 7.82. The van der Waals surface area contributed by atoms with Crippen LogP contribution < -0.4 is 5.32 Å². The summed E-state index contributed by atoms with van der Waals surface area (Å²) in [6.45, 7) is 0. The van der Waals surface area contributed by atoms with Crippen molar-refractivity contribution in [3.63, 3.8) is 0 Å². The molecule has 0 saturated heterocycles. The summed E-state index contributed by atoms with van der Waals surface area (Å²) >= 11 is 1.82. The third-order valence-corrected chi connectivity index (χ3v) is 11.8. The third-order valence-electron chi connectivity index (χ3n) is 10.6. The molecule has 57 heavy (non-hydrogen) atoms. The number of aromatic nitrogens is 3. The Morgan fingerprint density at radius 2 is 0.895 bits per heavy atom. The van der Waals surface area contributed by atoms with Crippen LogP contribution in [0.25, 0.3) is 98.5 Å². The van der Waals surface area contributed by atoms with Crippen molar-refractivity contribution in [1.29, 1.82) is 0 Å². The van der Waals surface area contributed by atoms with E-state index in [4.69, 9.17) is 19.4 Å². The second-order valence-electron chi connectivity index (χ2n) is 14.0. The maximum atomic E-state index is 6.74. The molecular formula is C51H32N4OS. The van der Waals surface area contributed by atoms with E-state index in [9.17, 15) is 0 Å². The van der Waals surface area contributed by atoms with Crippen molar-refractivity contribution in [2.75, 3.05) is 5.32 Å². The summed E-state index contributed by atoms with van der Waals surface area (Å²) in [4.78, 5) is 14.9. The molecule has 0 saturated carbocycles. The van der Waals surface area contributed by atoms with Crippen LogP contribution in [0.1, 0.15) is 0 Å². The second-order valence-corrected chi connectivity index (χ2v) is 15.1. The van der Waals surface area contributed by atoms with E-state index < -0.39 is 0 Å². The first-order chi connectivity index (χ1) is 28.2. The normalized spacial score (nSPS) is 11.5. The minimum atomic E-state index is 0.612. The number of hydrogen-bond donors (Lipinski definition) is 1. The van der Waals surface area contributed by atoms with E-state index >= 15 is 0 Å². The van der Waals surface area contributed by atoms with E-state index in [0.29, 0.717) is 17.5 Å². The van der Waals surface area contributed by atoms with Gasteiger partial charge in [0.05, 0.1) is 10.4 Å². The fraction of sp³-hybridized carbons (Fsp3) is 0. The van der Waals surface area contributed by atoms with E-state index in [0.717, 1.165) is 61.1 Å². The molecule has 0 fully saturated rings. The maximum absolute atomic E-state index is 6.74. The second kappa shape index (κ2) is 13.7. The number of rotatable bonds is 7. The van der Waals surface area contributed by atoms with Crippen LogP contribution in [0.3, 0.4) is 0 Å². The van der Waals surface area contributed by atoms with E-state index in [-0.39, 0.29) is 0 Å². The highest BCUT2D eigenvalue weighted by Gasteiger charge is 2.19. The lowest BCUT2D eigenvalue weighted by Gasteiger charge is -2.13. The van der Waals surface area contributed by atoms with Crippen molar-refractivity contribution >= 4 is 64.8 Å². The number of para-hydroxylation sites is 2. The molecule has 0 radical (unpaired) electrons. The molecule has 0 aliphatic carbocycles. The average Bonchev–Trinajstić information content (AvgIpc) is 3.86. The summed E-state index contributed by atoms with van der Waals surface area (Å²) in [7, 11) is 0. The molecule has 0 amide bonds. The lowest BCUT2D eigenvalue weighted by atomic mass is 9.99. The quantitative estimate of drug-likeness (QED) is 0.176. The lowest BCUT2D eigenvalue weighted by molar-refractivity contribution is 0.670. The topological polar surface area (TPSA) is 63.8 Å². The first-order valence-electron chi connectivity index (χ1n) is 18.9. The highest BCUT2D eigenvalue weighted by Crippen LogP contribution is 2.46. The number of nitrogens with zero attached hydrogens (tertiary/aromatic N) is 3. The fourth-order valence-corrected chi connectivity index (χ4v) is 9.12. The van der Waals surface area contributed by atoms with Crippen LogP contribution in [0.2, 0.25) is 0 Å². The van der Waals surface area contributed by atoms with Crippen LogP contribution in [0.5, 0.6) is 0 Å². The first kappa shape index (κ1) is 33.0. The van der Waals surface area contributed by atoms with Crippen molar-refractivity contribution in [3.8, 4) is 56.4 Å². The molecule has 11 aromatic rings. The Hall–Kier alpha value is -7.41. The zero-order valence-corrected chi connectivity index (χ0v) is 31.4. The van der Waals surface area contributed by atoms with E-state index in [1.54, 1.807) is 0 Å². The predicted molar refractivity (Wildman–Crippen MR) is 237 cm³/mol. The van der Waals surface area contributed by atoms with Gasteiger partial charge in [-0.2, -0.15) is 0 Å². The van der Waals surface area contributed by atoms with Gasteiger partial charge in [0.15, 0.2) is 17.5 Å². The molecule has 11 rings (SSSR count). The number of nitrogens with one attached hydrogen (secondary N) is 1. The molecule has 0 spiro atoms. The summed E-state index contributed by atoms with van der Waals surface area (Å²) in [5.41, 5.74) is 11.2. The molecule has 0 atom stereocenters. The zero-order chi connectivity index (χ0) is 37.7. The number of fused-ring (bicyclic) bond motifs is 6. The molecular weight excluding hydrogens is 717 g/mol. The molecule has 0 aliphatic rings. The summed E-state index contributed by atoms with van der Waals surface area (Å²) in [6, 6.07) is 65.0. The van der Waals surface area contributed by atoms with E-state index in [2.05, 4.69) is 121 Å². The molecule has 1 N–H and O–H groups in total. The molecule has 268 valence electrons. The lowest BCUT2D eigenvalue weighted by Crippen LogP contribution is -2.00. The Kier molecular flexibility index (Phi) is 7.93. The van der Waals surface area contributed by atoms with Gasteiger partial charge in [-0.25, -0.2) is 15.0 Å². The predicted octanol–water partition coefficient (Wildman–Crippen LogP) is 14.2. The van der Waals surface area contributed by atoms with Crippen LogP contribution in [0.4, 0.5) is 11.4 Å². The Balaban J connectivity index is 1.03. The van der Waals surface area contributed by atoms with Crippen LogP contribution in [-0.4, -0.2) is 15.0 Å². The SMILES string of the molecule is c1ccc(-c2nc(-c3ccccc3)nc(-c3ccc4oc5c(-c6cccc7c6sc6c(Nc8ccccc8-c8ccccc8)cccc67)cccc5c4c3)n2)cc1. The highest BCUT2D eigenvalue weighted by molar-refractivity contribution is 7.27. The molecule has 3 aromatic heterocycles. The van der Waals surface area contributed by atoms with E-state index in [1.165, 1.54) is 31.3 Å². The summed E-state index contributed by atoms with van der Waals surface area (Å²) in [5, 5.41) is 8.31. The van der Waals surface area contributed by atoms with Gasteiger partial charge in [0.1, 0.15) is 11.2 Å². The molecule has 0 bridgehead atoms. The zero-order valence-electron chi connectivity index (χ0n) is 30.6. The van der Waals surface area contributed by atoms with Crippen LogP contribution in [0.15, 0.2) is 192 Å². The Morgan fingerprint density at radius 3 is 1.60 bits per heavy atom. The maximum Gasteiger partial charge on any atom is 0.164 e. The Morgan fingerprint density at radius 1 is 0.368 bits per heavy atom. The minimum Gasteiger partial charge on any atom is -0.455 e. The van der Waals surface area contributed by atoms with Gasteiger partial charge in [0.25, 0.3) is 0 Å². The minimum absolute atomic E-state index is 0.612. The summed E-state index contributed by atoms with van der Waals surface area (Å²) in [5.74, 6) is 1.88. The van der Waals surface area contributed by atoms with Gasteiger partial charge < -0.3 is 9.73 Å². The van der Waals surface area contributed by atoms with Crippen molar-refractivity contribution in [1.82, 2.24) is 15.0 Å². The van der Waals surface area contributed by atoms with Gasteiger partial charge in [0.2, 0.25) is 0 Å². The van der Waals surface area contributed by atoms with Gasteiger partial charge in [-0.3, -0.25) is 0 Å². The Bertz CT molecular complexity index is 3210. The van der Waals surface area contributed by atoms with Crippen molar-refractivity contribution in [3.05, 3.63) is 188 Å². The Labute approximate surface area is 332 Å². The van der Waals surface area contributed by atoms with Crippen LogP contribution >= 0.6 is 11.3 Å². The summed E-state index contributed by atoms with van der Waals surface area (Å²) < 4.78 is 9.17. The number of thiophene rings is 1. The van der Waals surface area contributed by atoms with Crippen molar-refractivity contribution < 1.29 is 4.42 Å². The van der Waals surface area contributed by atoms with E-state index in [1.807, 2.05) is 84.1 Å². The third kappa shape index (κ3) is 5.82. The van der Waals surface area contributed by atoms with Crippen molar-refractivity contribution in [2.45, 2.75) is 0 Å². The van der Waals surface area contributed by atoms with Gasteiger partial charge in [-0.05, 0) is 35.9 Å². The first-order valence-corrected chi connectivity index (χ1v) is 19.8. The number of benzene rings is 8. The number of anilines is 2. The highest BCUT2D eigenvalue weighted by atomic mass is 32.1. The molecule has 0 aliphatic heterocycles. The molecule has 0 unspecified atom stereocenters. The van der Waals surface area contributed by atoms with Gasteiger partial charge in [-0.15, -0.1) is 11.3 Å². The van der Waals surface area contributed by atoms with Crippen LogP contribution in [-0.2, 0) is 0 Å². The van der Waals surface area contributed by atoms with Crippen LogP contribution in [0, 0.1) is 0 Å². The monoisotopic (exact) mass is 748 g/mol. The molecule has 8 aromatic carbocycles. The number of furan rings is 1. The standard InChI is InChI=1S/C51H32N4OS/c1-4-15-32(16-5-1)36-21-10-11-27-43(36)52-44-28-14-26-41-40-25-13-24-39(47(40)57-48(41)44)37-22-12-23-38-42-31-35(29-30-45(42)56-46(37)38)51-54-49(33-17-6-2-7-18-33)53-50(55-51)34-19-8-3-9-20-34/h1-31,52H. The van der Waals surface area contributed by atoms with Crippen molar-refractivity contribution in [2.24, 2.45) is 0 Å². The van der Waals surface area contributed by atoms with Gasteiger partial charge >= 0.3 is 0 Å². The molecule has 6 heteroatoms. The van der Waals surface area contributed by atoms with Gasteiger partial charge in [0, 0.05) is 65.3 Å². The summed E-state index contributed by atoms with van der Waals surface area (Å²) in [6.07, 6.45) is 0. The molecule has 5 nitrogen and oxygen atoms in total.